The van der Waals surface area contributed by atoms with Crippen LogP contribution in [0.4, 0.5) is 4.39 Å². The molecule has 0 saturated carbocycles. The third-order valence-electron chi connectivity index (χ3n) is 3.18. The summed E-state index contributed by atoms with van der Waals surface area (Å²) < 4.78 is 17.3. The smallest absolute Gasteiger partial charge is 0.124 e. The summed E-state index contributed by atoms with van der Waals surface area (Å²) in [5.41, 5.74) is 1.87. The van der Waals surface area contributed by atoms with Crippen molar-refractivity contribution in [3.05, 3.63) is 50.4 Å². The van der Waals surface area contributed by atoms with Gasteiger partial charge in [0.1, 0.15) is 5.82 Å². The zero-order valence-corrected chi connectivity index (χ0v) is 15.4. The van der Waals surface area contributed by atoms with Crippen molar-refractivity contribution in [2.75, 3.05) is 6.54 Å². The lowest BCUT2D eigenvalue weighted by Gasteiger charge is -2.22. The topological polar surface area (TPSA) is 29.9 Å². The Balaban J connectivity index is 2.56. The van der Waals surface area contributed by atoms with Crippen LogP contribution in [-0.2, 0) is 0 Å². The van der Waals surface area contributed by atoms with E-state index < -0.39 is 0 Å². The van der Waals surface area contributed by atoms with Crippen molar-refractivity contribution in [3.63, 3.8) is 0 Å². The van der Waals surface area contributed by atoms with E-state index in [1.165, 1.54) is 6.07 Å². The van der Waals surface area contributed by atoms with Crippen molar-refractivity contribution < 1.29 is 4.39 Å². The first-order chi connectivity index (χ1) is 9.93. The fourth-order valence-corrected chi connectivity index (χ4v) is 3.34. The highest BCUT2D eigenvalue weighted by atomic mass is 79.9. The van der Waals surface area contributed by atoms with Gasteiger partial charge in [0, 0.05) is 10.5 Å². The van der Waals surface area contributed by atoms with Crippen LogP contribution in [0.1, 0.15) is 44.1 Å². The van der Waals surface area contributed by atoms with Gasteiger partial charge in [-0.15, -0.1) is 0 Å². The standard InChI is InChI=1S/C15H18Br2FN3/c1-4-19-14(10-5-11(16)7-12(18)6-10)15-13(17)8-20-21(15)9(2)3/h5-9,14,19H,4H2,1-3H3. The second kappa shape index (κ2) is 7.03. The van der Waals surface area contributed by atoms with Gasteiger partial charge in [-0.1, -0.05) is 22.9 Å². The molecule has 0 aliphatic carbocycles. The average Bonchev–Trinajstić information content (AvgIpc) is 2.76. The largest absolute Gasteiger partial charge is 0.305 e. The van der Waals surface area contributed by atoms with Crippen LogP contribution in [0, 0.1) is 5.82 Å². The summed E-state index contributed by atoms with van der Waals surface area (Å²) in [5.74, 6) is -0.256. The van der Waals surface area contributed by atoms with Gasteiger partial charge in [-0.3, -0.25) is 4.68 Å². The Morgan fingerprint density at radius 1 is 1.29 bits per heavy atom. The molecular formula is C15H18Br2FN3. The first-order valence-electron chi connectivity index (χ1n) is 6.86. The summed E-state index contributed by atoms with van der Waals surface area (Å²) in [5, 5.41) is 7.83. The van der Waals surface area contributed by atoms with Crippen LogP contribution < -0.4 is 5.32 Å². The number of hydrogen-bond donors (Lipinski definition) is 1. The van der Waals surface area contributed by atoms with Crippen molar-refractivity contribution in [2.45, 2.75) is 32.9 Å². The maximum absolute atomic E-state index is 13.7. The maximum Gasteiger partial charge on any atom is 0.124 e. The molecule has 0 fully saturated rings. The van der Waals surface area contributed by atoms with Gasteiger partial charge >= 0.3 is 0 Å². The normalized spacial score (nSPS) is 12.9. The van der Waals surface area contributed by atoms with Crippen LogP contribution >= 0.6 is 31.9 Å². The average molecular weight is 419 g/mol. The monoisotopic (exact) mass is 417 g/mol. The molecule has 1 heterocycles. The lowest BCUT2D eigenvalue weighted by Crippen LogP contribution is -2.26. The minimum absolute atomic E-state index is 0.124. The van der Waals surface area contributed by atoms with Crippen LogP contribution in [-0.4, -0.2) is 16.3 Å². The number of hydrogen-bond acceptors (Lipinski definition) is 2. The molecular weight excluding hydrogens is 401 g/mol. The van der Waals surface area contributed by atoms with E-state index in [4.69, 9.17) is 0 Å². The highest BCUT2D eigenvalue weighted by molar-refractivity contribution is 9.10. The summed E-state index contributed by atoms with van der Waals surface area (Å²) in [6.45, 7) is 6.96. The van der Waals surface area contributed by atoms with Crippen molar-refractivity contribution in [1.29, 1.82) is 0 Å². The Labute approximate surface area is 141 Å². The van der Waals surface area contributed by atoms with E-state index in [0.29, 0.717) is 0 Å². The summed E-state index contributed by atoms with van der Waals surface area (Å²) in [7, 11) is 0. The predicted molar refractivity (Wildman–Crippen MR) is 89.9 cm³/mol. The number of aromatic nitrogens is 2. The highest BCUT2D eigenvalue weighted by Crippen LogP contribution is 2.32. The molecule has 0 aliphatic heterocycles. The molecule has 21 heavy (non-hydrogen) atoms. The molecule has 1 unspecified atom stereocenters. The molecule has 1 aromatic heterocycles. The van der Waals surface area contributed by atoms with Gasteiger partial charge < -0.3 is 5.32 Å². The molecule has 0 spiro atoms. The molecule has 0 amide bonds. The zero-order chi connectivity index (χ0) is 15.6. The number of rotatable bonds is 5. The Hall–Kier alpha value is -0.720. The summed E-state index contributed by atoms with van der Waals surface area (Å²) in [4.78, 5) is 0. The number of nitrogens with one attached hydrogen (secondary N) is 1. The lowest BCUT2D eigenvalue weighted by molar-refractivity contribution is 0.474. The van der Waals surface area contributed by atoms with E-state index in [1.807, 2.05) is 17.7 Å². The first kappa shape index (κ1) is 16.6. The minimum Gasteiger partial charge on any atom is -0.305 e. The lowest BCUT2D eigenvalue weighted by atomic mass is 10.0. The Bertz CT molecular complexity index is 605. The SMILES string of the molecule is CCNC(c1cc(F)cc(Br)c1)c1c(Br)cnn1C(C)C. The van der Waals surface area contributed by atoms with Gasteiger partial charge in [-0.05, 0) is 60.1 Å². The molecule has 0 saturated heterocycles. The summed E-state index contributed by atoms with van der Waals surface area (Å²) in [6, 6.07) is 5.05. The fourth-order valence-electron chi connectivity index (χ4n) is 2.35. The molecule has 2 rings (SSSR count). The number of halogens is 3. The van der Waals surface area contributed by atoms with E-state index in [1.54, 1.807) is 12.3 Å². The second-order valence-corrected chi connectivity index (χ2v) is 6.88. The molecule has 0 radical (unpaired) electrons. The minimum atomic E-state index is -0.256. The van der Waals surface area contributed by atoms with Crippen molar-refractivity contribution in [1.82, 2.24) is 15.1 Å². The van der Waals surface area contributed by atoms with E-state index in [2.05, 4.69) is 56.1 Å². The Morgan fingerprint density at radius 3 is 2.57 bits per heavy atom. The summed E-state index contributed by atoms with van der Waals surface area (Å²) in [6.07, 6.45) is 1.79. The Morgan fingerprint density at radius 2 is 2.00 bits per heavy atom. The first-order valence-corrected chi connectivity index (χ1v) is 8.45. The van der Waals surface area contributed by atoms with Gasteiger partial charge in [0.05, 0.1) is 22.4 Å². The highest BCUT2D eigenvalue weighted by Gasteiger charge is 2.23. The van der Waals surface area contributed by atoms with Crippen molar-refractivity contribution in [2.24, 2.45) is 0 Å². The molecule has 2 aromatic rings. The third-order valence-corrected chi connectivity index (χ3v) is 4.24. The molecule has 3 nitrogen and oxygen atoms in total. The number of nitrogens with zero attached hydrogens (tertiary/aromatic N) is 2. The van der Waals surface area contributed by atoms with Crippen molar-refractivity contribution in [3.8, 4) is 0 Å². The molecule has 1 N–H and O–H groups in total. The van der Waals surface area contributed by atoms with Crippen LogP contribution in [0.15, 0.2) is 33.3 Å². The predicted octanol–water partition coefficient (Wildman–Crippen LogP) is 4.83. The van der Waals surface area contributed by atoms with Gasteiger partial charge in [0.15, 0.2) is 0 Å². The Kier molecular flexibility index (Phi) is 5.57. The van der Waals surface area contributed by atoms with Gasteiger partial charge in [-0.2, -0.15) is 5.10 Å². The quantitative estimate of drug-likeness (QED) is 0.753. The second-order valence-electron chi connectivity index (χ2n) is 5.11. The van der Waals surface area contributed by atoms with Crippen LogP contribution in [0.5, 0.6) is 0 Å². The van der Waals surface area contributed by atoms with E-state index in [-0.39, 0.29) is 17.9 Å². The summed E-state index contributed by atoms with van der Waals surface area (Å²) >= 11 is 6.92. The zero-order valence-electron chi connectivity index (χ0n) is 12.2. The molecule has 6 heteroatoms. The molecule has 0 aliphatic rings. The van der Waals surface area contributed by atoms with Gasteiger partial charge in [0.2, 0.25) is 0 Å². The molecule has 114 valence electrons. The van der Waals surface area contributed by atoms with E-state index in [0.717, 1.165) is 26.7 Å². The van der Waals surface area contributed by atoms with Gasteiger partial charge in [0.25, 0.3) is 0 Å². The number of benzene rings is 1. The van der Waals surface area contributed by atoms with E-state index >= 15 is 0 Å². The third kappa shape index (κ3) is 3.73. The maximum atomic E-state index is 13.7. The van der Waals surface area contributed by atoms with Crippen molar-refractivity contribution >= 4 is 31.9 Å². The van der Waals surface area contributed by atoms with Gasteiger partial charge in [-0.25, -0.2) is 4.39 Å². The van der Waals surface area contributed by atoms with Crippen LogP contribution in [0.2, 0.25) is 0 Å². The fraction of sp³-hybridized carbons (Fsp3) is 0.400. The molecule has 1 atom stereocenters. The van der Waals surface area contributed by atoms with E-state index in [9.17, 15) is 4.39 Å². The van der Waals surface area contributed by atoms with Crippen LogP contribution in [0.3, 0.4) is 0 Å². The van der Waals surface area contributed by atoms with Crippen LogP contribution in [0.25, 0.3) is 0 Å². The molecule has 0 bridgehead atoms. The molecule has 1 aromatic carbocycles.